The summed E-state index contributed by atoms with van der Waals surface area (Å²) in [5.74, 6) is 0.342. The van der Waals surface area contributed by atoms with Crippen molar-refractivity contribution >= 4 is 34.8 Å². The number of anilines is 1. The van der Waals surface area contributed by atoms with Gasteiger partial charge in [0.15, 0.2) is 0 Å². The number of hydrogen-bond acceptors (Lipinski definition) is 4. The Morgan fingerprint density at radius 3 is 2.68 bits per heavy atom. The maximum absolute atomic E-state index is 12.8. The first kappa shape index (κ1) is 20.8. The van der Waals surface area contributed by atoms with Crippen molar-refractivity contribution in [1.82, 2.24) is 10.2 Å². The molecule has 5 nitrogen and oxygen atoms in total. The van der Waals surface area contributed by atoms with E-state index < -0.39 is 0 Å². The third kappa shape index (κ3) is 5.10. The Morgan fingerprint density at radius 1 is 1.25 bits per heavy atom. The zero-order valence-corrected chi connectivity index (χ0v) is 17.6. The molecule has 28 heavy (non-hydrogen) atoms. The molecule has 0 bridgehead atoms. The molecule has 150 valence electrons. The number of methoxy groups -OCH3 is 1. The van der Waals surface area contributed by atoms with Gasteiger partial charge in [0.05, 0.1) is 23.4 Å². The third-order valence-electron chi connectivity index (χ3n) is 4.83. The number of benzene rings is 2. The molecule has 0 aromatic heterocycles. The van der Waals surface area contributed by atoms with E-state index in [1.807, 2.05) is 31.2 Å². The van der Waals surface area contributed by atoms with Crippen molar-refractivity contribution in [2.45, 2.75) is 25.9 Å². The number of nitrogens with one attached hydrogen (secondary N) is 2. The standard InChI is InChI=1S/C21H25Cl2N3O2/c1-3-24-19-11-20(28-2)17(10-18(19)23)21(27)25-16-8-9-26(13-16)12-14-4-6-15(22)7-5-14/h4-7,10-11,16,24H,3,8-9,12-13H2,1-2H3,(H,25,27). The molecule has 1 aliphatic rings. The van der Waals surface area contributed by atoms with Crippen LogP contribution in [-0.2, 0) is 6.54 Å². The van der Waals surface area contributed by atoms with Crippen molar-refractivity contribution in [2.24, 2.45) is 0 Å². The maximum atomic E-state index is 12.8. The average Bonchev–Trinajstić information content (AvgIpc) is 3.11. The van der Waals surface area contributed by atoms with E-state index in [0.29, 0.717) is 16.3 Å². The van der Waals surface area contributed by atoms with E-state index in [-0.39, 0.29) is 11.9 Å². The fourth-order valence-electron chi connectivity index (χ4n) is 3.43. The molecule has 1 unspecified atom stereocenters. The van der Waals surface area contributed by atoms with Crippen LogP contribution < -0.4 is 15.4 Å². The van der Waals surface area contributed by atoms with Crippen LogP contribution >= 0.6 is 23.2 Å². The summed E-state index contributed by atoms with van der Waals surface area (Å²) in [6.07, 6.45) is 0.908. The van der Waals surface area contributed by atoms with E-state index in [9.17, 15) is 4.79 Å². The second-order valence-electron chi connectivity index (χ2n) is 6.88. The number of carbonyl (C=O) groups excluding carboxylic acids is 1. The predicted octanol–water partition coefficient (Wildman–Crippen LogP) is 4.44. The van der Waals surface area contributed by atoms with Gasteiger partial charge >= 0.3 is 0 Å². The van der Waals surface area contributed by atoms with Gasteiger partial charge in [-0.2, -0.15) is 0 Å². The van der Waals surface area contributed by atoms with Gasteiger partial charge < -0.3 is 15.4 Å². The lowest BCUT2D eigenvalue weighted by Crippen LogP contribution is -2.37. The molecule has 1 amide bonds. The highest BCUT2D eigenvalue weighted by Crippen LogP contribution is 2.31. The van der Waals surface area contributed by atoms with Gasteiger partial charge in [-0.3, -0.25) is 9.69 Å². The minimum absolute atomic E-state index is 0.0942. The Balaban J connectivity index is 1.62. The number of ether oxygens (including phenoxy) is 1. The van der Waals surface area contributed by atoms with Gasteiger partial charge in [0.25, 0.3) is 5.91 Å². The largest absolute Gasteiger partial charge is 0.496 e. The van der Waals surface area contributed by atoms with Crippen molar-refractivity contribution in [3.8, 4) is 5.75 Å². The lowest BCUT2D eigenvalue weighted by Gasteiger charge is -2.18. The summed E-state index contributed by atoms with van der Waals surface area (Å²) in [7, 11) is 1.55. The fraction of sp³-hybridized carbons (Fsp3) is 0.381. The Hall–Kier alpha value is -1.95. The highest BCUT2D eigenvalue weighted by Gasteiger charge is 2.25. The zero-order valence-electron chi connectivity index (χ0n) is 16.1. The van der Waals surface area contributed by atoms with E-state index in [1.54, 1.807) is 19.2 Å². The van der Waals surface area contributed by atoms with Crippen LogP contribution in [0.15, 0.2) is 36.4 Å². The fourth-order valence-corrected chi connectivity index (χ4v) is 3.79. The summed E-state index contributed by atoms with van der Waals surface area (Å²) in [4.78, 5) is 15.1. The summed E-state index contributed by atoms with van der Waals surface area (Å²) in [6, 6.07) is 11.4. The Kier molecular flexibility index (Phi) is 7.05. The minimum atomic E-state index is -0.167. The van der Waals surface area contributed by atoms with Gasteiger partial charge in [-0.25, -0.2) is 0 Å². The maximum Gasteiger partial charge on any atom is 0.255 e. The Labute approximate surface area is 176 Å². The lowest BCUT2D eigenvalue weighted by atomic mass is 10.1. The van der Waals surface area contributed by atoms with E-state index in [0.717, 1.165) is 43.3 Å². The van der Waals surface area contributed by atoms with Crippen molar-refractivity contribution in [3.05, 3.63) is 57.6 Å². The van der Waals surface area contributed by atoms with Gasteiger partial charge in [-0.15, -0.1) is 0 Å². The summed E-state index contributed by atoms with van der Waals surface area (Å²) >= 11 is 12.3. The van der Waals surface area contributed by atoms with Crippen LogP contribution in [0.25, 0.3) is 0 Å². The number of nitrogens with zero attached hydrogens (tertiary/aromatic N) is 1. The molecule has 1 saturated heterocycles. The number of carbonyl (C=O) groups is 1. The van der Waals surface area contributed by atoms with Crippen molar-refractivity contribution < 1.29 is 9.53 Å². The monoisotopic (exact) mass is 421 g/mol. The highest BCUT2D eigenvalue weighted by molar-refractivity contribution is 6.33. The number of halogens is 2. The van der Waals surface area contributed by atoms with E-state index in [4.69, 9.17) is 27.9 Å². The third-order valence-corrected chi connectivity index (χ3v) is 5.39. The number of likely N-dealkylation sites (tertiary alicyclic amines) is 1. The minimum Gasteiger partial charge on any atom is -0.496 e. The van der Waals surface area contributed by atoms with E-state index in [1.165, 1.54) is 5.56 Å². The summed E-state index contributed by atoms with van der Waals surface area (Å²) in [5.41, 5.74) is 2.42. The molecule has 0 aliphatic carbocycles. The van der Waals surface area contributed by atoms with Crippen LogP contribution in [-0.4, -0.2) is 43.6 Å². The van der Waals surface area contributed by atoms with Crippen molar-refractivity contribution in [1.29, 1.82) is 0 Å². The zero-order chi connectivity index (χ0) is 20.1. The van der Waals surface area contributed by atoms with Gasteiger partial charge in [-0.1, -0.05) is 35.3 Å². The average molecular weight is 422 g/mol. The first-order valence-electron chi connectivity index (χ1n) is 9.39. The highest BCUT2D eigenvalue weighted by atomic mass is 35.5. The molecule has 1 heterocycles. The molecule has 1 aliphatic heterocycles. The molecule has 2 aromatic carbocycles. The smallest absolute Gasteiger partial charge is 0.255 e. The topological polar surface area (TPSA) is 53.6 Å². The molecular weight excluding hydrogens is 397 g/mol. The number of amides is 1. The van der Waals surface area contributed by atoms with Gasteiger partial charge in [0.1, 0.15) is 5.75 Å². The lowest BCUT2D eigenvalue weighted by molar-refractivity contribution is 0.0934. The van der Waals surface area contributed by atoms with Crippen LogP contribution in [0.1, 0.15) is 29.3 Å². The first-order valence-corrected chi connectivity index (χ1v) is 10.1. The summed E-state index contributed by atoms with van der Waals surface area (Å²) in [6.45, 7) is 5.31. The molecule has 7 heteroatoms. The molecule has 1 fully saturated rings. The van der Waals surface area contributed by atoms with Gasteiger partial charge in [0.2, 0.25) is 0 Å². The SMILES string of the molecule is CCNc1cc(OC)c(C(=O)NC2CCN(Cc3ccc(Cl)cc3)C2)cc1Cl. The van der Waals surface area contributed by atoms with Crippen LogP contribution in [0, 0.1) is 0 Å². The Bertz CT molecular complexity index is 827. The molecule has 0 saturated carbocycles. The predicted molar refractivity (Wildman–Crippen MR) is 115 cm³/mol. The molecule has 2 N–H and O–H groups in total. The van der Waals surface area contributed by atoms with Crippen LogP contribution in [0.2, 0.25) is 10.0 Å². The quantitative estimate of drug-likeness (QED) is 0.693. The molecule has 3 rings (SSSR count). The van der Waals surface area contributed by atoms with Crippen LogP contribution in [0.5, 0.6) is 5.75 Å². The van der Waals surface area contributed by atoms with Crippen molar-refractivity contribution in [2.75, 3.05) is 32.1 Å². The van der Waals surface area contributed by atoms with E-state index >= 15 is 0 Å². The second-order valence-corrected chi connectivity index (χ2v) is 7.73. The molecule has 0 radical (unpaired) electrons. The molecule has 1 atom stereocenters. The molecule has 2 aromatic rings. The molecule has 0 spiro atoms. The van der Waals surface area contributed by atoms with Gasteiger partial charge in [-0.05, 0) is 37.1 Å². The van der Waals surface area contributed by atoms with Gasteiger partial charge in [0, 0.05) is 43.3 Å². The number of hydrogen-bond donors (Lipinski definition) is 2. The van der Waals surface area contributed by atoms with Crippen LogP contribution in [0.3, 0.4) is 0 Å². The summed E-state index contributed by atoms with van der Waals surface area (Å²) in [5, 5.41) is 7.52. The Morgan fingerprint density at radius 2 is 2.00 bits per heavy atom. The second kappa shape index (κ2) is 9.50. The normalized spacial score (nSPS) is 16.8. The number of rotatable bonds is 7. The van der Waals surface area contributed by atoms with Crippen molar-refractivity contribution in [3.63, 3.8) is 0 Å². The van der Waals surface area contributed by atoms with Crippen LogP contribution in [0.4, 0.5) is 5.69 Å². The summed E-state index contributed by atoms with van der Waals surface area (Å²) < 4.78 is 5.40. The molecular formula is C21H25Cl2N3O2. The van der Waals surface area contributed by atoms with E-state index in [2.05, 4.69) is 15.5 Å². The first-order chi connectivity index (χ1) is 13.5.